The number of hydrogen-bond acceptors (Lipinski definition) is 5. The van der Waals surface area contributed by atoms with E-state index < -0.39 is 0 Å². The van der Waals surface area contributed by atoms with Crippen molar-refractivity contribution >= 4 is 54.8 Å². The van der Waals surface area contributed by atoms with Crippen molar-refractivity contribution < 1.29 is 8.83 Å². The molecule has 11 rings (SSSR count). The maximum atomic E-state index is 6.31. The zero-order valence-electron chi connectivity index (χ0n) is 28.9. The van der Waals surface area contributed by atoms with Crippen LogP contribution in [-0.2, 0) is 0 Å². The molecule has 0 bridgehead atoms. The van der Waals surface area contributed by atoms with E-state index in [4.69, 9.17) is 18.8 Å². The van der Waals surface area contributed by atoms with E-state index in [1.165, 1.54) is 0 Å². The third kappa shape index (κ3) is 4.98. The predicted octanol–water partition coefficient (Wildman–Crippen LogP) is 13.2. The molecule has 54 heavy (non-hydrogen) atoms. The summed E-state index contributed by atoms with van der Waals surface area (Å²) in [7, 11) is 0. The van der Waals surface area contributed by atoms with Gasteiger partial charge in [-0.3, -0.25) is 4.98 Å². The Balaban J connectivity index is 1.18. The summed E-state index contributed by atoms with van der Waals surface area (Å²) in [6, 6.07) is 58.5. The number of aromatic nitrogens is 3. The number of fused-ring (bicyclic) bond motifs is 7. The van der Waals surface area contributed by atoms with Gasteiger partial charge >= 0.3 is 0 Å². The Hall–Kier alpha value is -7.37. The van der Waals surface area contributed by atoms with Crippen molar-refractivity contribution in [3.63, 3.8) is 0 Å². The Morgan fingerprint density at radius 1 is 0.352 bits per heavy atom. The first-order valence-corrected chi connectivity index (χ1v) is 18.0. The molecule has 4 heterocycles. The molecule has 0 spiro atoms. The molecule has 0 saturated heterocycles. The first-order chi connectivity index (χ1) is 26.7. The van der Waals surface area contributed by atoms with Gasteiger partial charge in [0.15, 0.2) is 5.82 Å². The van der Waals surface area contributed by atoms with E-state index in [2.05, 4.69) is 108 Å². The van der Waals surface area contributed by atoms with Gasteiger partial charge in [-0.2, -0.15) is 0 Å². The molecule has 0 saturated carbocycles. The lowest BCUT2D eigenvalue weighted by Crippen LogP contribution is -1.97. The number of nitrogens with zero attached hydrogens (tertiary/aromatic N) is 3. The summed E-state index contributed by atoms with van der Waals surface area (Å²) in [4.78, 5) is 15.2. The molecular weight excluding hydrogens is 663 g/mol. The van der Waals surface area contributed by atoms with Crippen LogP contribution in [0.1, 0.15) is 0 Å². The fourth-order valence-corrected chi connectivity index (χ4v) is 7.80. The maximum absolute atomic E-state index is 6.31. The molecule has 0 fully saturated rings. The van der Waals surface area contributed by atoms with Crippen LogP contribution in [0.15, 0.2) is 185 Å². The van der Waals surface area contributed by atoms with Gasteiger partial charge in [0.1, 0.15) is 22.3 Å². The normalized spacial score (nSPS) is 11.7. The summed E-state index contributed by atoms with van der Waals surface area (Å²) in [6.07, 6.45) is 1.84. The fraction of sp³-hybridized carbons (Fsp3) is 0. The number of rotatable bonds is 5. The summed E-state index contributed by atoms with van der Waals surface area (Å²) in [5.41, 5.74) is 13.3. The van der Waals surface area contributed by atoms with Crippen molar-refractivity contribution in [3.8, 4) is 56.2 Å². The highest BCUT2D eigenvalue weighted by Crippen LogP contribution is 2.41. The molecule has 0 unspecified atom stereocenters. The van der Waals surface area contributed by atoms with E-state index >= 15 is 0 Å². The van der Waals surface area contributed by atoms with Gasteiger partial charge in [-0.25, -0.2) is 9.97 Å². The van der Waals surface area contributed by atoms with E-state index in [1.54, 1.807) is 0 Å². The second kappa shape index (κ2) is 12.1. The SMILES string of the molecule is c1ccc(-c2nc(-c3cc(-c4ccc5oc6ccccc6c5c4)cc(-c4cccc5ncccc45)c3)cc(-c3cccc4oc5ccccc5c34)n2)cc1. The Morgan fingerprint density at radius 3 is 1.93 bits per heavy atom. The smallest absolute Gasteiger partial charge is 0.160 e. The van der Waals surface area contributed by atoms with Crippen LogP contribution < -0.4 is 0 Å². The number of pyridine rings is 1. The van der Waals surface area contributed by atoms with Crippen LogP contribution in [0.2, 0.25) is 0 Å². The number of furan rings is 2. The van der Waals surface area contributed by atoms with Gasteiger partial charge in [-0.15, -0.1) is 0 Å². The second-order valence-corrected chi connectivity index (χ2v) is 13.6. The van der Waals surface area contributed by atoms with Crippen molar-refractivity contribution in [2.45, 2.75) is 0 Å². The minimum atomic E-state index is 0.653. The van der Waals surface area contributed by atoms with Gasteiger partial charge in [-0.05, 0) is 89.0 Å². The fourth-order valence-electron chi connectivity index (χ4n) is 7.80. The second-order valence-electron chi connectivity index (χ2n) is 13.6. The van der Waals surface area contributed by atoms with Crippen LogP contribution in [0.25, 0.3) is 111 Å². The predicted molar refractivity (Wildman–Crippen MR) is 219 cm³/mol. The highest BCUT2D eigenvalue weighted by molar-refractivity contribution is 6.12. The molecule has 0 aliphatic heterocycles. The number of para-hydroxylation sites is 2. The van der Waals surface area contributed by atoms with Gasteiger partial charge in [0, 0.05) is 49.8 Å². The molecule has 252 valence electrons. The lowest BCUT2D eigenvalue weighted by atomic mass is 9.92. The van der Waals surface area contributed by atoms with Crippen LogP contribution >= 0.6 is 0 Å². The summed E-state index contributed by atoms with van der Waals surface area (Å²) in [5.74, 6) is 0.653. The minimum absolute atomic E-state index is 0.653. The zero-order valence-corrected chi connectivity index (χ0v) is 28.9. The Morgan fingerprint density at radius 2 is 1.02 bits per heavy atom. The molecule has 0 aliphatic carbocycles. The summed E-state index contributed by atoms with van der Waals surface area (Å²) in [5, 5.41) is 5.36. The molecular formula is C49H29N3O2. The highest BCUT2D eigenvalue weighted by Gasteiger charge is 2.18. The van der Waals surface area contributed by atoms with Crippen molar-refractivity contribution in [2.75, 3.05) is 0 Å². The molecule has 0 radical (unpaired) electrons. The lowest BCUT2D eigenvalue weighted by molar-refractivity contribution is 0.668. The standard InChI is InChI=1S/C49H29N3O2/c1-2-11-30(12-3-1)49-51-42(29-43(52-49)38-16-9-21-47-48(38)39-14-5-7-20-45(39)54-47)34-26-32(25-33(27-34)35-15-8-18-41-36(35)17-10-24-50-41)31-22-23-46-40(28-31)37-13-4-6-19-44(37)53-46/h1-29H. The first-order valence-electron chi connectivity index (χ1n) is 18.0. The van der Waals surface area contributed by atoms with E-state index in [1.807, 2.05) is 72.9 Å². The third-order valence-electron chi connectivity index (χ3n) is 10.3. The van der Waals surface area contributed by atoms with Crippen LogP contribution in [0.5, 0.6) is 0 Å². The van der Waals surface area contributed by atoms with Crippen molar-refractivity contribution in [1.82, 2.24) is 15.0 Å². The number of benzene rings is 7. The van der Waals surface area contributed by atoms with E-state index in [0.717, 1.165) is 105 Å². The Bertz CT molecular complexity index is 3230. The first kappa shape index (κ1) is 30.3. The summed E-state index contributed by atoms with van der Waals surface area (Å²) < 4.78 is 12.5. The monoisotopic (exact) mass is 691 g/mol. The van der Waals surface area contributed by atoms with E-state index in [9.17, 15) is 0 Å². The summed E-state index contributed by atoms with van der Waals surface area (Å²) >= 11 is 0. The van der Waals surface area contributed by atoms with Gasteiger partial charge in [-0.1, -0.05) is 103 Å². The molecule has 0 atom stereocenters. The molecule has 0 amide bonds. The minimum Gasteiger partial charge on any atom is -0.456 e. The molecule has 4 aromatic heterocycles. The maximum Gasteiger partial charge on any atom is 0.160 e. The molecule has 0 N–H and O–H groups in total. The molecule has 5 heteroatoms. The quantitative estimate of drug-likeness (QED) is 0.180. The average molecular weight is 692 g/mol. The lowest BCUT2D eigenvalue weighted by Gasteiger charge is -2.14. The molecule has 7 aromatic carbocycles. The van der Waals surface area contributed by atoms with Gasteiger partial charge < -0.3 is 8.83 Å². The third-order valence-corrected chi connectivity index (χ3v) is 10.3. The largest absolute Gasteiger partial charge is 0.456 e. The van der Waals surface area contributed by atoms with E-state index in [0.29, 0.717) is 5.82 Å². The molecule has 0 aliphatic rings. The van der Waals surface area contributed by atoms with Gasteiger partial charge in [0.05, 0.1) is 16.9 Å². The average Bonchev–Trinajstić information content (AvgIpc) is 3.82. The van der Waals surface area contributed by atoms with Gasteiger partial charge in [0.25, 0.3) is 0 Å². The zero-order chi connectivity index (χ0) is 35.6. The Kier molecular flexibility index (Phi) is 6.79. The van der Waals surface area contributed by atoms with Crippen LogP contribution in [0.4, 0.5) is 0 Å². The van der Waals surface area contributed by atoms with Crippen LogP contribution in [0, 0.1) is 0 Å². The van der Waals surface area contributed by atoms with Crippen molar-refractivity contribution in [2.24, 2.45) is 0 Å². The number of hydrogen-bond donors (Lipinski definition) is 0. The van der Waals surface area contributed by atoms with E-state index in [-0.39, 0.29) is 0 Å². The van der Waals surface area contributed by atoms with Gasteiger partial charge in [0.2, 0.25) is 0 Å². The molecule has 11 aromatic rings. The topological polar surface area (TPSA) is 65.0 Å². The van der Waals surface area contributed by atoms with Crippen molar-refractivity contribution in [1.29, 1.82) is 0 Å². The summed E-state index contributed by atoms with van der Waals surface area (Å²) in [6.45, 7) is 0. The Labute approximate surface area is 309 Å². The van der Waals surface area contributed by atoms with Crippen LogP contribution in [0.3, 0.4) is 0 Å². The van der Waals surface area contributed by atoms with Crippen molar-refractivity contribution in [3.05, 3.63) is 176 Å². The molecule has 5 nitrogen and oxygen atoms in total. The highest BCUT2D eigenvalue weighted by atomic mass is 16.3. The van der Waals surface area contributed by atoms with Crippen LogP contribution in [-0.4, -0.2) is 15.0 Å².